The first-order valence-electron chi connectivity index (χ1n) is 3.77. The highest BCUT2D eigenvalue weighted by Crippen LogP contribution is 2.28. The maximum absolute atomic E-state index is 11.8. The number of halogens is 3. The van der Waals surface area contributed by atoms with Crippen LogP contribution >= 0.6 is 15.9 Å². The third-order valence-electron chi connectivity index (χ3n) is 1.52. The first kappa shape index (κ1) is 10.4. The van der Waals surface area contributed by atoms with Crippen LogP contribution in [0.15, 0.2) is 22.7 Å². The molecule has 0 aromatic heterocycles. The molecule has 0 atom stereocenters. The molecule has 4 heteroatoms. The lowest BCUT2D eigenvalue weighted by molar-refractivity contribution is 0.0815. The molecule has 0 spiro atoms. The fourth-order valence-electron chi connectivity index (χ4n) is 0.885. The molecule has 0 amide bonds. The van der Waals surface area contributed by atoms with Crippen molar-refractivity contribution in [3.8, 4) is 5.75 Å². The van der Waals surface area contributed by atoms with Crippen molar-refractivity contribution in [2.75, 3.05) is 6.61 Å². The van der Waals surface area contributed by atoms with Gasteiger partial charge in [-0.15, -0.1) is 0 Å². The minimum atomic E-state index is -2.44. The monoisotopic (exact) mass is 250 g/mol. The lowest BCUT2D eigenvalue weighted by Gasteiger charge is -2.08. The maximum atomic E-state index is 11.8. The van der Waals surface area contributed by atoms with Gasteiger partial charge in [-0.05, 0) is 34.5 Å². The number of ether oxygens (including phenoxy) is 1. The molecule has 0 fully saturated rings. The van der Waals surface area contributed by atoms with Gasteiger partial charge in [-0.1, -0.05) is 12.1 Å². The van der Waals surface area contributed by atoms with Crippen molar-refractivity contribution < 1.29 is 13.5 Å². The van der Waals surface area contributed by atoms with Crippen LogP contribution in [0.4, 0.5) is 8.78 Å². The third-order valence-corrected chi connectivity index (χ3v) is 2.54. The van der Waals surface area contributed by atoms with E-state index in [4.69, 9.17) is 4.74 Å². The molecule has 0 bridgehead atoms. The Morgan fingerprint density at radius 1 is 1.46 bits per heavy atom. The summed E-state index contributed by atoms with van der Waals surface area (Å²) in [7, 11) is 0. The van der Waals surface area contributed by atoms with Crippen LogP contribution in [0.2, 0.25) is 0 Å². The second-order valence-corrected chi connectivity index (χ2v) is 3.38. The van der Waals surface area contributed by atoms with Gasteiger partial charge in [0.2, 0.25) is 0 Å². The van der Waals surface area contributed by atoms with E-state index >= 15 is 0 Å². The van der Waals surface area contributed by atoms with Crippen LogP contribution in [0.5, 0.6) is 5.75 Å². The zero-order valence-corrected chi connectivity index (χ0v) is 8.64. The molecule has 72 valence electrons. The van der Waals surface area contributed by atoms with E-state index in [1.54, 1.807) is 12.1 Å². The Bertz CT molecular complexity index is 289. The number of hydrogen-bond acceptors (Lipinski definition) is 1. The number of alkyl halides is 2. The van der Waals surface area contributed by atoms with E-state index in [2.05, 4.69) is 15.9 Å². The lowest BCUT2D eigenvalue weighted by Crippen LogP contribution is -2.07. The normalized spacial score (nSPS) is 10.5. The number of aryl methyl sites for hydroxylation is 1. The van der Waals surface area contributed by atoms with Crippen LogP contribution in [-0.4, -0.2) is 13.0 Å². The molecule has 0 aliphatic carbocycles. The van der Waals surface area contributed by atoms with Crippen LogP contribution in [0.1, 0.15) is 5.56 Å². The molecule has 0 unspecified atom stereocenters. The van der Waals surface area contributed by atoms with Crippen molar-refractivity contribution in [2.24, 2.45) is 0 Å². The second kappa shape index (κ2) is 4.56. The average molecular weight is 251 g/mol. The molecule has 1 nitrogen and oxygen atoms in total. The summed E-state index contributed by atoms with van der Waals surface area (Å²) in [5.41, 5.74) is 0.965. The summed E-state index contributed by atoms with van der Waals surface area (Å²) < 4.78 is 29.2. The summed E-state index contributed by atoms with van der Waals surface area (Å²) in [6.45, 7) is 1.31. The molecule has 13 heavy (non-hydrogen) atoms. The number of benzene rings is 1. The molecule has 0 saturated carbocycles. The second-order valence-electron chi connectivity index (χ2n) is 2.59. The minimum absolute atomic E-state index is 0.459. The third kappa shape index (κ3) is 2.95. The van der Waals surface area contributed by atoms with Gasteiger partial charge in [0.15, 0.2) is 0 Å². The van der Waals surface area contributed by atoms with Gasteiger partial charge < -0.3 is 4.74 Å². The fourth-order valence-corrected chi connectivity index (χ4v) is 1.26. The van der Waals surface area contributed by atoms with Crippen molar-refractivity contribution in [3.63, 3.8) is 0 Å². The Kier molecular flexibility index (Phi) is 3.66. The van der Waals surface area contributed by atoms with Gasteiger partial charge in [0, 0.05) is 0 Å². The summed E-state index contributed by atoms with van der Waals surface area (Å²) >= 11 is 3.26. The van der Waals surface area contributed by atoms with Gasteiger partial charge in [-0.3, -0.25) is 0 Å². The largest absolute Gasteiger partial charge is 0.486 e. The standard InChI is InChI=1S/C9H9BrF2O/c1-6-3-2-4-7(9(6)10)13-5-8(11)12/h2-4,8H,5H2,1H3. The Morgan fingerprint density at radius 3 is 2.77 bits per heavy atom. The molecular weight excluding hydrogens is 242 g/mol. The summed E-state index contributed by atoms with van der Waals surface area (Å²) in [5.74, 6) is 0.459. The predicted octanol–water partition coefficient (Wildman–Crippen LogP) is 3.40. The molecule has 0 heterocycles. The smallest absolute Gasteiger partial charge is 0.272 e. The Hall–Kier alpha value is -0.640. The van der Waals surface area contributed by atoms with Crippen molar-refractivity contribution in [2.45, 2.75) is 13.3 Å². The molecule has 0 aliphatic rings. The SMILES string of the molecule is Cc1cccc(OCC(F)F)c1Br. The first-order valence-corrected chi connectivity index (χ1v) is 4.56. The van der Waals surface area contributed by atoms with Gasteiger partial charge in [0.05, 0.1) is 4.47 Å². The predicted molar refractivity (Wildman–Crippen MR) is 50.4 cm³/mol. The van der Waals surface area contributed by atoms with Crippen LogP contribution < -0.4 is 4.74 Å². The Morgan fingerprint density at radius 2 is 2.15 bits per heavy atom. The molecule has 0 radical (unpaired) electrons. The fraction of sp³-hybridized carbons (Fsp3) is 0.333. The van der Waals surface area contributed by atoms with Gasteiger partial charge >= 0.3 is 0 Å². The zero-order chi connectivity index (χ0) is 9.84. The molecule has 1 aromatic carbocycles. The first-order chi connectivity index (χ1) is 6.11. The van der Waals surface area contributed by atoms with Crippen LogP contribution in [-0.2, 0) is 0 Å². The van der Waals surface area contributed by atoms with Crippen molar-refractivity contribution in [1.82, 2.24) is 0 Å². The minimum Gasteiger partial charge on any atom is -0.486 e. The summed E-state index contributed by atoms with van der Waals surface area (Å²) in [4.78, 5) is 0. The molecule has 0 saturated heterocycles. The Balaban J connectivity index is 2.71. The van der Waals surface area contributed by atoms with Gasteiger partial charge in [-0.25, -0.2) is 8.78 Å². The number of rotatable bonds is 3. The highest BCUT2D eigenvalue weighted by Gasteiger charge is 2.07. The lowest BCUT2D eigenvalue weighted by atomic mass is 10.2. The molecule has 0 aliphatic heterocycles. The van der Waals surface area contributed by atoms with Crippen LogP contribution in [0.3, 0.4) is 0 Å². The van der Waals surface area contributed by atoms with E-state index in [0.717, 1.165) is 10.0 Å². The van der Waals surface area contributed by atoms with E-state index in [-0.39, 0.29) is 0 Å². The van der Waals surface area contributed by atoms with Crippen LogP contribution in [0.25, 0.3) is 0 Å². The highest BCUT2D eigenvalue weighted by atomic mass is 79.9. The van der Waals surface area contributed by atoms with Crippen molar-refractivity contribution >= 4 is 15.9 Å². The summed E-state index contributed by atoms with van der Waals surface area (Å²) in [6, 6.07) is 5.29. The Labute approximate surface area is 83.8 Å². The highest BCUT2D eigenvalue weighted by molar-refractivity contribution is 9.10. The summed E-state index contributed by atoms with van der Waals surface area (Å²) in [6.07, 6.45) is -2.44. The average Bonchev–Trinajstić information content (AvgIpc) is 2.07. The van der Waals surface area contributed by atoms with E-state index in [9.17, 15) is 8.78 Å². The molecular formula is C9H9BrF2O. The van der Waals surface area contributed by atoms with E-state index < -0.39 is 13.0 Å². The zero-order valence-electron chi connectivity index (χ0n) is 7.06. The van der Waals surface area contributed by atoms with Gasteiger partial charge in [0.1, 0.15) is 12.4 Å². The topological polar surface area (TPSA) is 9.23 Å². The van der Waals surface area contributed by atoms with Gasteiger partial charge in [0.25, 0.3) is 6.43 Å². The van der Waals surface area contributed by atoms with E-state index in [1.165, 1.54) is 0 Å². The number of hydrogen-bond donors (Lipinski definition) is 0. The molecule has 1 aromatic rings. The molecule has 0 N–H and O–H groups in total. The van der Waals surface area contributed by atoms with Crippen molar-refractivity contribution in [3.05, 3.63) is 28.2 Å². The summed E-state index contributed by atoms with van der Waals surface area (Å²) in [5, 5.41) is 0. The molecule has 1 rings (SSSR count). The van der Waals surface area contributed by atoms with Crippen LogP contribution in [0, 0.1) is 6.92 Å². The quantitative estimate of drug-likeness (QED) is 0.799. The van der Waals surface area contributed by atoms with Crippen molar-refractivity contribution in [1.29, 1.82) is 0 Å². The van der Waals surface area contributed by atoms with E-state index in [1.807, 2.05) is 13.0 Å². The maximum Gasteiger partial charge on any atom is 0.272 e. The van der Waals surface area contributed by atoms with Gasteiger partial charge in [-0.2, -0.15) is 0 Å². The van der Waals surface area contributed by atoms with E-state index in [0.29, 0.717) is 5.75 Å².